The number of rotatable bonds is 21. The number of benzene rings is 1. The van der Waals surface area contributed by atoms with Gasteiger partial charge in [0.2, 0.25) is 5.82 Å². The molecular formula is C35H53F2NO3. The van der Waals surface area contributed by atoms with Crippen molar-refractivity contribution in [2.45, 2.75) is 129 Å². The van der Waals surface area contributed by atoms with Crippen molar-refractivity contribution in [3.63, 3.8) is 0 Å². The van der Waals surface area contributed by atoms with Crippen LogP contribution in [0.1, 0.15) is 135 Å². The van der Waals surface area contributed by atoms with Crippen LogP contribution in [0.4, 0.5) is 8.78 Å². The smallest absolute Gasteiger partial charge is 0.201 e. The Bertz CT molecular complexity index is 961. The van der Waals surface area contributed by atoms with Crippen LogP contribution in [-0.4, -0.2) is 24.8 Å². The van der Waals surface area contributed by atoms with Crippen molar-refractivity contribution in [2.75, 3.05) is 19.8 Å². The van der Waals surface area contributed by atoms with Gasteiger partial charge < -0.3 is 14.2 Å². The SMILES string of the molecule is CCCCCCCCCCCCC1COC(c2ccc(-c3ccc(OCCCCCCCC)c(F)c3F)nc2)OC1. The van der Waals surface area contributed by atoms with E-state index in [0.717, 1.165) is 31.2 Å². The van der Waals surface area contributed by atoms with E-state index in [0.29, 0.717) is 31.4 Å². The molecule has 4 nitrogen and oxygen atoms in total. The van der Waals surface area contributed by atoms with Gasteiger partial charge in [0.1, 0.15) is 0 Å². The van der Waals surface area contributed by atoms with Crippen LogP contribution in [0.2, 0.25) is 0 Å². The van der Waals surface area contributed by atoms with E-state index in [1.54, 1.807) is 12.3 Å². The Balaban J connectivity index is 1.35. The highest BCUT2D eigenvalue weighted by molar-refractivity contribution is 5.61. The van der Waals surface area contributed by atoms with Crippen molar-refractivity contribution in [1.82, 2.24) is 4.98 Å². The molecule has 230 valence electrons. The Morgan fingerprint density at radius 2 is 1.29 bits per heavy atom. The van der Waals surface area contributed by atoms with E-state index in [1.165, 1.54) is 95.6 Å². The lowest BCUT2D eigenvalue weighted by Gasteiger charge is -2.29. The summed E-state index contributed by atoms with van der Waals surface area (Å²) < 4.78 is 47.0. The van der Waals surface area contributed by atoms with E-state index in [-0.39, 0.29) is 11.3 Å². The lowest BCUT2D eigenvalue weighted by molar-refractivity contribution is -0.206. The highest BCUT2D eigenvalue weighted by atomic mass is 19.2. The number of nitrogens with zero attached hydrogens (tertiary/aromatic N) is 1. The fourth-order valence-corrected chi connectivity index (χ4v) is 5.43. The third kappa shape index (κ3) is 12.0. The molecule has 0 unspecified atom stereocenters. The maximum Gasteiger partial charge on any atom is 0.201 e. The Morgan fingerprint density at radius 3 is 1.88 bits per heavy atom. The zero-order valence-electron chi connectivity index (χ0n) is 25.6. The summed E-state index contributed by atoms with van der Waals surface area (Å²) in [5.74, 6) is -1.53. The molecule has 0 N–H and O–H groups in total. The normalized spacial score (nSPS) is 17.2. The number of hydrogen-bond donors (Lipinski definition) is 0. The summed E-state index contributed by atoms with van der Waals surface area (Å²) >= 11 is 0. The average molecular weight is 574 g/mol. The van der Waals surface area contributed by atoms with E-state index < -0.39 is 17.9 Å². The molecule has 6 heteroatoms. The fourth-order valence-electron chi connectivity index (χ4n) is 5.43. The molecule has 1 fully saturated rings. The van der Waals surface area contributed by atoms with Gasteiger partial charge in [0, 0.05) is 23.2 Å². The monoisotopic (exact) mass is 573 g/mol. The van der Waals surface area contributed by atoms with E-state index in [9.17, 15) is 8.78 Å². The maximum atomic E-state index is 14.9. The summed E-state index contributed by atoms with van der Waals surface area (Å²) in [6.45, 7) is 6.17. The standard InChI is InChI=1S/C35H53F2NO3/c1-3-5-7-9-11-12-13-14-15-17-19-28-26-40-35(41-27-28)29-20-22-31(38-25-29)30-21-23-32(34(37)33(30)36)39-24-18-16-10-8-6-4-2/h20-23,25,28,35H,3-19,24,26-27H2,1-2H3. The molecule has 1 aliphatic rings. The van der Waals surface area contributed by atoms with Crippen LogP contribution in [0.15, 0.2) is 30.5 Å². The first-order valence-corrected chi connectivity index (χ1v) is 16.4. The number of unbranched alkanes of at least 4 members (excludes halogenated alkanes) is 14. The van der Waals surface area contributed by atoms with E-state index >= 15 is 0 Å². The van der Waals surface area contributed by atoms with E-state index in [4.69, 9.17) is 14.2 Å². The summed E-state index contributed by atoms with van der Waals surface area (Å²) in [6.07, 6.45) is 22.3. The van der Waals surface area contributed by atoms with Gasteiger partial charge in [-0.2, -0.15) is 4.39 Å². The van der Waals surface area contributed by atoms with Crippen LogP contribution in [-0.2, 0) is 9.47 Å². The second-order valence-electron chi connectivity index (χ2n) is 11.7. The van der Waals surface area contributed by atoms with Gasteiger partial charge in [0.25, 0.3) is 0 Å². The second kappa shape index (κ2) is 20.0. The third-order valence-electron chi connectivity index (χ3n) is 8.07. The van der Waals surface area contributed by atoms with Crippen molar-refractivity contribution in [2.24, 2.45) is 5.92 Å². The molecule has 0 amide bonds. The molecule has 0 aliphatic carbocycles. The Morgan fingerprint density at radius 1 is 0.707 bits per heavy atom. The number of halogens is 2. The predicted octanol–water partition coefficient (Wildman–Crippen LogP) is 10.7. The van der Waals surface area contributed by atoms with E-state index in [1.807, 2.05) is 6.07 Å². The first-order chi connectivity index (χ1) is 20.1. The van der Waals surface area contributed by atoms with Crippen molar-refractivity contribution in [3.8, 4) is 17.0 Å². The van der Waals surface area contributed by atoms with Gasteiger partial charge in [-0.3, -0.25) is 4.98 Å². The van der Waals surface area contributed by atoms with Gasteiger partial charge in [-0.05, 0) is 31.0 Å². The van der Waals surface area contributed by atoms with E-state index in [2.05, 4.69) is 18.8 Å². The molecule has 0 radical (unpaired) electrons. The highest BCUT2D eigenvalue weighted by Gasteiger charge is 2.24. The zero-order valence-corrected chi connectivity index (χ0v) is 25.6. The maximum absolute atomic E-state index is 14.9. The summed E-state index contributed by atoms with van der Waals surface area (Å²) in [5, 5.41) is 0. The summed E-state index contributed by atoms with van der Waals surface area (Å²) in [4.78, 5) is 4.38. The van der Waals surface area contributed by atoms with Crippen molar-refractivity contribution >= 4 is 0 Å². The molecule has 2 aromatic rings. The molecule has 1 aliphatic heterocycles. The number of aromatic nitrogens is 1. The lowest BCUT2D eigenvalue weighted by atomic mass is 10.0. The molecule has 1 aromatic carbocycles. The van der Waals surface area contributed by atoms with Crippen LogP contribution < -0.4 is 4.74 Å². The molecule has 0 atom stereocenters. The molecule has 0 spiro atoms. The van der Waals surface area contributed by atoms with Gasteiger partial charge in [0.15, 0.2) is 17.9 Å². The molecule has 41 heavy (non-hydrogen) atoms. The number of hydrogen-bond acceptors (Lipinski definition) is 4. The average Bonchev–Trinajstić information content (AvgIpc) is 3.00. The zero-order chi connectivity index (χ0) is 29.1. The molecule has 0 saturated carbocycles. The first-order valence-electron chi connectivity index (χ1n) is 16.4. The molecule has 2 heterocycles. The minimum atomic E-state index is -0.966. The van der Waals surface area contributed by atoms with Crippen LogP contribution in [0.3, 0.4) is 0 Å². The van der Waals surface area contributed by atoms with Gasteiger partial charge in [-0.25, -0.2) is 4.39 Å². The Kier molecular flexibility index (Phi) is 16.3. The minimum Gasteiger partial charge on any atom is -0.490 e. The van der Waals surface area contributed by atoms with Crippen molar-refractivity contribution < 1.29 is 23.0 Å². The summed E-state index contributed by atoms with van der Waals surface area (Å²) in [7, 11) is 0. The van der Waals surface area contributed by atoms with Gasteiger partial charge in [-0.15, -0.1) is 0 Å². The van der Waals surface area contributed by atoms with Crippen LogP contribution in [0.5, 0.6) is 5.75 Å². The number of ether oxygens (including phenoxy) is 3. The van der Waals surface area contributed by atoms with Crippen molar-refractivity contribution in [3.05, 3.63) is 47.7 Å². The molecular weight excluding hydrogens is 520 g/mol. The Hall–Kier alpha value is -2.05. The first kappa shape index (κ1) is 33.5. The van der Waals surface area contributed by atoms with Gasteiger partial charge in [-0.1, -0.05) is 116 Å². The Labute approximate surface area is 247 Å². The fraction of sp³-hybridized carbons (Fsp3) is 0.686. The van der Waals surface area contributed by atoms with Crippen LogP contribution >= 0.6 is 0 Å². The summed E-state index contributed by atoms with van der Waals surface area (Å²) in [6, 6.07) is 6.52. The molecule has 3 rings (SSSR count). The van der Waals surface area contributed by atoms with Gasteiger partial charge >= 0.3 is 0 Å². The quantitative estimate of drug-likeness (QED) is 0.139. The topological polar surface area (TPSA) is 40.6 Å². The number of pyridine rings is 1. The molecule has 1 saturated heterocycles. The largest absolute Gasteiger partial charge is 0.490 e. The van der Waals surface area contributed by atoms with Crippen LogP contribution in [0, 0.1) is 17.6 Å². The molecule has 0 bridgehead atoms. The molecule has 1 aromatic heterocycles. The lowest BCUT2D eigenvalue weighted by Crippen LogP contribution is -2.27. The van der Waals surface area contributed by atoms with Crippen LogP contribution in [0.25, 0.3) is 11.3 Å². The second-order valence-corrected chi connectivity index (χ2v) is 11.7. The minimum absolute atomic E-state index is 0.0483. The van der Waals surface area contributed by atoms with Crippen molar-refractivity contribution in [1.29, 1.82) is 0 Å². The summed E-state index contributed by atoms with van der Waals surface area (Å²) in [5.41, 5.74) is 1.26. The third-order valence-corrected chi connectivity index (χ3v) is 8.07. The van der Waals surface area contributed by atoms with Gasteiger partial charge in [0.05, 0.1) is 25.5 Å². The highest BCUT2D eigenvalue weighted by Crippen LogP contribution is 2.31. The predicted molar refractivity (Wildman–Crippen MR) is 163 cm³/mol.